The minimum absolute atomic E-state index is 0.000394. The molecule has 0 bridgehead atoms. The highest BCUT2D eigenvalue weighted by atomic mass is 35.5. The summed E-state index contributed by atoms with van der Waals surface area (Å²) in [6.07, 6.45) is 0.349. The summed E-state index contributed by atoms with van der Waals surface area (Å²) in [6.45, 7) is 5.42. The molecule has 0 aliphatic carbocycles. The normalized spacial score (nSPS) is 11.9. The predicted molar refractivity (Wildman–Crippen MR) is 153 cm³/mol. The van der Waals surface area contributed by atoms with Crippen molar-refractivity contribution in [2.75, 3.05) is 24.5 Å². The van der Waals surface area contributed by atoms with Gasteiger partial charge in [-0.2, -0.15) is 0 Å². The molecule has 1 atom stereocenters. The predicted octanol–water partition coefficient (Wildman–Crippen LogP) is 4.80. The van der Waals surface area contributed by atoms with Gasteiger partial charge in [-0.15, -0.1) is 0 Å². The van der Waals surface area contributed by atoms with Crippen molar-refractivity contribution in [3.8, 4) is 5.75 Å². The van der Waals surface area contributed by atoms with Crippen LogP contribution in [0.4, 0.5) is 5.69 Å². The molecular weight excluding hydrogens is 538 g/mol. The lowest BCUT2D eigenvalue weighted by Crippen LogP contribution is -2.52. The van der Waals surface area contributed by atoms with Gasteiger partial charge in [0.2, 0.25) is 11.8 Å². The number of methoxy groups -OCH3 is 1. The number of hydrogen-bond donors (Lipinski definition) is 1. The minimum Gasteiger partial charge on any atom is -0.497 e. The maximum Gasteiger partial charge on any atom is 0.264 e. The molecule has 1 unspecified atom stereocenters. The number of halogens is 1. The molecule has 0 aliphatic heterocycles. The van der Waals surface area contributed by atoms with E-state index >= 15 is 0 Å². The van der Waals surface area contributed by atoms with Crippen molar-refractivity contribution in [3.05, 3.63) is 88.9 Å². The molecule has 3 aromatic rings. The maximum absolute atomic E-state index is 14.0. The Morgan fingerprint density at radius 2 is 1.62 bits per heavy atom. The average Bonchev–Trinajstić information content (AvgIpc) is 2.92. The van der Waals surface area contributed by atoms with Gasteiger partial charge in [0.1, 0.15) is 18.3 Å². The highest BCUT2D eigenvalue weighted by molar-refractivity contribution is 7.92. The number of hydrogen-bond acceptors (Lipinski definition) is 5. The van der Waals surface area contributed by atoms with E-state index in [0.29, 0.717) is 35.0 Å². The SMILES string of the molecule is CCNC(=O)C(CC)N(Cc1ccc(OC)cc1)C(=O)CN(c1ccccc1C)S(=O)(=O)c1ccc(Cl)cc1. The molecule has 39 heavy (non-hydrogen) atoms. The summed E-state index contributed by atoms with van der Waals surface area (Å²) in [6, 6.07) is 19.1. The van der Waals surface area contributed by atoms with Gasteiger partial charge >= 0.3 is 0 Å². The topological polar surface area (TPSA) is 96.0 Å². The van der Waals surface area contributed by atoms with E-state index in [1.54, 1.807) is 57.4 Å². The van der Waals surface area contributed by atoms with Crippen LogP contribution in [-0.2, 0) is 26.2 Å². The zero-order valence-electron chi connectivity index (χ0n) is 22.6. The van der Waals surface area contributed by atoms with E-state index < -0.39 is 28.5 Å². The fourth-order valence-electron chi connectivity index (χ4n) is 4.23. The second kappa shape index (κ2) is 13.5. The summed E-state index contributed by atoms with van der Waals surface area (Å²) in [5.41, 5.74) is 1.83. The van der Waals surface area contributed by atoms with Crippen molar-refractivity contribution < 1.29 is 22.7 Å². The average molecular weight is 572 g/mol. The fourth-order valence-corrected chi connectivity index (χ4v) is 5.83. The molecule has 0 aliphatic rings. The van der Waals surface area contributed by atoms with E-state index in [4.69, 9.17) is 16.3 Å². The molecule has 0 saturated carbocycles. The highest BCUT2D eigenvalue weighted by Crippen LogP contribution is 2.28. The Balaban J connectivity index is 2.06. The van der Waals surface area contributed by atoms with Crippen molar-refractivity contribution in [2.45, 2.75) is 44.7 Å². The Kier molecular flexibility index (Phi) is 10.4. The minimum atomic E-state index is -4.16. The lowest BCUT2D eigenvalue weighted by Gasteiger charge is -2.33. The first-order chi connectivity index (χ1) is 18.6. The molecule has 0 fully saturated rings. The van der Waals surface area contributed by atoms with Crippen LogP contribution in [0.25, 0.3) is 0 Å². The molecule has 0 radical (unpaired) electrons. The highest BCUT2D eigenvalue weighted by Gasteiger charge is 2.34. The first-order valence-electron chi connectivity index (χ1n) is 12.7. The smallest absolute Gasteiger partial charge is 0.264 e. The van der Waals surface area contributed by atoms with E-state index in [2.05, 4.69) is 5.32 Å². The van der Waals surface area contributed by atoms with E-state index in [9.17, 15) is 18.0 Å². The van der Waals surface area contributed by atoms with Crippen LogP contribution in [0.15, 0.2) is 77.7 Å². The molecule has 8 nitrogen and oxygen atoms in total. The van der Waals surface area contributed by atoms with Crippen LogP contribution in [-0.4, -0.2) is 51.4 Å². The number of benzene rings is 3. The number of rotatable bonds is 12. The van der Waals surface area contributed by atoms with Crippen LogP contribution in [0, 0.1) is 6.92 Å². The van der Waals surface area contributed by atoms with Crippen LogP contribution >= 0.6 is 11.6 Å². The van der Waals surface area contributed by atoms with Crippen molar-refractivity contribution in [2.24, 2.45) is 0 Å². The largest absolute Gasteiger partial charge is 0.497 e. The monoisotopic (exact) mass is 571 g/mol. The lowest BCUT2D eigenvalue weighted by atomic mass is 10.1. The Hall–Kier alpha value is -3.56. The van der Waals surface area contributed by atoms with Crippen molar-refractivity contribution in [3.63, 3.8) is 0 Å². The second-order valence-electron chi connectivity index (χ2n) is 8.94. The van der Waals surface area contributed by atoms with Crippen LogP contribution in [0.5, 0.6) is 5.75 Å². The Morgan fingerprint density at radius 3 is 2.18 bits per heavy atom. The van der Waals surface area contributed by atoms with Gasteiger partial charge in [0.05, 0.1) is 17.7 Å². The van der Waals surface area contributed by atoms with Crippen LogP contribution < -0.4 is 14.4 Å². The molecular formula is C29H34ClN3O5S. The quantitative estimate of drug-likeness (QED) is 0.337. The van der Waals surface area contributed by atoms with E-state index in [1.807, 2.05) is 19.1 Å². The number of likely N-dealkylation sites (N-methyl/N-ethyl adjacent to an activating group) is 1. The van der Waals surface area contributed by atoms with Crippen molar-refractivity contribution in [1.29, 1.82) is 0 Å². The Bertz CT molecular complexity index is 1380. The number of amides is 2. The molecule has 1 N–H and O–H groups in total. The van der Waals surface area contributed by atoms with Gasteiger partial charge in [-0.1, -0.05) is 48.9 Å². The Morgan fingerprint density at radius 1 is 0.974 bits per heavy atom. The van der Waals surface area contributed by atoms with Crippen molar-refractivity contribution >= 4 is 39.1 Å². The van der Waals surface area contributed by atoms with Crippen LogP contribution in [0.3, 0.4) is 0 Å². The molecule has 0 heterocycles. The first-order valence-corrected chi connectivity index (χ1v) is 14.5. The standard InChI is InChI=1S/C29H34ClN3O5S/c1-5-26(29(35)31-6-2)32(19-22-11-15-24(38-4)16-12-22)28(34)20-33(27-10-8-7-9-21(27)3)39(36,37)25-17-13-23(30)14-18-25/h7-18,26H,5-6,19-20H2,1-4H3,(H,31,35). The lowest BCUT2D eigenvalue weighted by molar-refractivity contribution is -0.140. The van der Waals surface area contributed by atoms with Gasteiger partial charge in [-0.05, 0) is 73.9 Å². The van der Waals surface area contributed by atoms with Gasteiger partial charge in [0.15, 0.2) is 0 Å². The summed E-state index contributed by atoms with van der Waals surface area (Å²) < 4.78 is 34.1. The summed E-state index contributed by atoms with van der Waals surface area (Å²) >= 11 is 6.00. The van der Waals surface area contributed by atoms with E-state index in [-0.39, 0.29) is 17.3 Å². The van der Waals surface area contributed by atoms with Gasteiger partial charge in [-0.3, -0.25) is 13.9 Å². The number of carbonyl (C=O) groups excluding carboxylic acids is 2. The summed E-state index contributed by atoms with van der Waals surface area (Å²) in [4.78, 5) is 28.4. The maximum atomic E-state index is 14.0. The number of carbonyl (C=O) groups is 2. The third-order valence-electron chi connectivity index (χ3n) is 6.31. The molecule has 10 heteroatoms. The molecule has 0 spiro atoms. The summed E-state index contributed by atoms with van der Waals surface area (Å²) in [7, 11) is -2.59. The first kappa shape index (κ1) is 30.0. The molecule has 208 valence electrons. The number of anilines is 1. The Labute approximate surface area is 235 Å². The third-order valence-corrected chi connectivity index (χ3v) is 8.34. The van der Waals surface area contributed by atoms with Gasteiger partial charge < -0.3 is 15.0 Å². The number of nitrogens with one attached hydrogen (secondary N) is 1. The van der Waals surface area contributed by atoms with Gasteiger partial charge in [0, 0.05) is 18.1 Å². The van der Waals surface area contributed by atoms with E-state index in [0.717, 1.165) is 9.87 Å². The molecule has 3 aromatic carbocycles. The number of sulfonamides is 1. The second-order valence-corrected chi connectivity index (χ2v) is 11.2. The van der Waals surface area contributed by atoms with Crippen LogP contribution in [0.1, 0.15) is 31.4 Å². The van der Waals surface area contributed by atoms with E-state index in [1.165, 1.54) is 29.2 Å². The van der Waals surface area contributed by atoms with Crippen molar-refractivity contribution in [1.82, 2.24) is 10.2 Å². The number of aryl methyl sites for hydroxylation is 1. The summed E-state index contributed by atoms with van der Waals surface area (Å²) in [5, 5.41) is 3.19. The molecule has 0 saturated heterocycles. The fraction of sp³-hybridized carbons (Fsp3) is 0.310. The zero-order valence-corrected chi connectivity index (χ0v) is 24.1. The number of para-hydroxylation sites is 1. The third kappa shape index (κ3) is 7.30. The molecule has 3 rings (SSSR count). The molecule has 0 aromatic heterocycles. The van der Waals surface area contributed by atoms with Gasteiger partial charge in [0.25, 0.3) is 10.0 Å². The number of ether oxygens (including phenoxy) is 1. The van der Waals surface area contributed by atoms with Gasteiger partial charge in [-0.25, -0.2) is 8.42 Å². The summed E-state index contributed by atoms with van der Waals surface area (Å²) in [5.74, 6) is -0.151. The molecule has 2 amide bonds. The number of nitrogens with zero attached hydrogens (tertiary/aromatic N) is 2. The van der Waals surface area contributed by atoms with Crippen LogP contribution in [0.2, 0.25) is 5.02 Å². The zero-order chi connectivity index (χ0) is 28.6.